The molecule has 1 aromatic carbocycles. The Morgan fingerprint density at radius 2 is 1.93 bits per heavy atom. The lowest BCUT2D eigenvalue weighted by Gasteiger charge is -2.28. The molecule has 0 amide bonds. The number of aromatic carboxylic acids is 1. The van der Waals surface area contributed by atoms with Crippen molar-refractivity contribution >= 4 is 28.5 Å². The molecule has 29 heavy (non-hydrogen) atoms. The first-order chi connectivity index (χ1) is 13.6. The predicted octanol–water partition coefficient (Wildman–Crippen LogP) is 3.48. The molecule has 1 aromatic heterocycles. The molecule has 0 aliphatic heterocycles. The van der Waals surface area contributed by atoms with Gasteiger partial charge in [0.25, 0.3) is 5.69 Å². The van der Waals surface area contributed by atoms with Gasteiger partial charge < -0.3 is 9.84 Å². The maximum Gasteiger partial charge on any atom is 0.490 e. The van der Waals surface area contributed by atoms with Gasteiger partial charge in [0.2, 0.25) is 0 Å². The summed E-state index contributed by atoms with van der Waals surface area (Å²) in [5, 5.41) is 25.0. The number of benzene rings is 1. The fourth-order valence-electron chi connectivity index (χ4n) is 3.44. The number of hydrogen-bond acceptors (Lipinski definition) is 6. The van der Waals surface area contributed by atoms with Crippen LogP contribution in [-0.2, 0) is 9.53 Å². The number of hydrogen-bond donors (Lipinski definition) is 1. The fourth-order valence-corrected chi connectivity index (χ4v) is 3.44. The first kappa shape index (κ1) is 20.6. The van der Waals surface area contributed by atoms with Crippen molar-refractivity contribution < 1.29 is 37.5 Å². The zero-order valence-corrected chi connectivity index (χ0v) is 14.9. The average Bonchev–Trinajstić information content (AvgIpc) is 3.07. The lowest BCUT2D eigenvalue weighted by molar-refractivity contribution is -0.385. The van der Waals surface area contributed by atoms with E-state index in [4.69, 9.17) is 5.11 Å². The third kappa shape index (κ3) is 4.46. The minimum Gasteiger partial charge on any atom is -0.477 e. The van der Waals surface area contributed by atoms with Gasteiger partial charge in [0, 0.05) is 17.6 Å². The van der Waals surface area contributed by atoms with E-state index in [0.717, 1.165) is 12.1 Å². The second kappa shape index (κ2) is 7.68. The zero-order valence-electron chi connectivity index (χ0n) is 14.9. The Labute approximate surface area is 161 Å². The maximum absolute atomic E-state index is 12.2. The molecule has 3 rings (SSSR count). The monoisotopic (exact) mass is 415 g/mol. The summed E-state index contributed by atoms with van der Waals surface area (Å²) in [5.74, 6) is -3.82. The molecular weight excluding hydrogens is 399 g/mol. The lowest BCUT2D eigenvalue weighted by atomic mass is 9.86. The number of carbonyl (C=O) groups is 2. The van der Waals surface area contributed by atoms with E-state index in [2.05, 4.69) is 9.84 Å². The molecule has 0 atom stereocenters. The smallest absolute Gasteiger partial charge is 0.477 e. The number of carbonyl (C=O) groups excluding carboxylic acids is 1. The van der Waals surface area contributed by atoms with Gasteiger partial charge in [0.1, 0.15) is 5.56 Å². The lowest BCUT2D eigenvalue weighted by Crippen LogP contribution is -2.29. The molecule has 0 bridgehead atoms. The van der Waals surface area contributed by atoms with Crippen LogP contribution in [0.5, 0.6) is 0 Å². The van der Waals surface area contributed by atoms with Gasteiger partial charge in [-0.3, -0.25) is 14.8 Å². The molecule has 0 radical (unpaired) electrons. The van der Waals surface area contributed by atoms with Gasteiger partial charge in [-0.2, -0.15) is 18.3 Å². The Bertz CT molecular complexity index is 912. The number of aromatic nitrogens is 2. The Hall–Kier alpha value is -3.18. The van der Waals surface area contributed by atoms with Crippen LogP contribution in [0, 0.1) is 16.0 Å². The fraction of sp³-hybridized carbons (Fsp3) is 0.471. The Balaban J connectivity index is 1.69. The van der Waals surface area contributed by atoms with E-state index >= 15 is 0 Å². The summed E-state index contributed by atoms with van der Waals surface area (Å²) in [6, 6.07) is 2.21. The largest absolute Gasteiger partial charge is 0.490 e. The number of alkyl halides is 3. The highest BCUT2D eigenvalue weighted by molar-refractivity contribution is 5.98. The molecular formula is C17H16F3N3O6. The van der Waals surface area contributed by atoms with Crippen LogP contribution in [-0.4, -0.2) is 44.5 Å². The van der Waals surface area contributed by atoms with Gasteiger partial charge in [-0.25, -0.2) is 9.59 Å². The summed E-state index contributed by atoms with van der Waals surface area (Å²) in [5.41, 5.74) is -0.683. The summed E-state index contributed by atoms with van der Waals surface area (Å²) < 4.78 is 42.4. The number of carboxylic acids is 1. The van der Waals surface area contributed by atoms with Crippen LogP contribution in [0.25, 0.3) is 10.9 Å². The highest BCUT2D eigenvalue weighted by Crippen LogP contribution is 2.34. The van der Waals surface area contributed by atoms with Crippen molar-refractivity contribution in [2.75, 3.05) is 6.61 Å². The van der Waals surface area contributed by atoms with Crippen molar-refractivity contribution in [1.29, 1.82) is 0 Å². The third-order valence-electron chi connectivity index (χ3n) is 4.94. The van der Waals surface area contributed by atoms with E-state index in [1.165, 1.54) is 0 Å². The SMILES string of the molecule is O=C(O)c1cc2nn([C@H]3CC[C@H](COC(=O)C(F)(F)F)CC3)cc2cc1[N+](=O)[O-]. The van der Waals surface area contributed by atoms with E-state index < -0.39 is 34.3 Å². The number of nitro benzene ring substituents is 1. The molecule has 0 saturated heterocycles. The molecule has 9 nitrogen and oxygen atoms in total. The van der Waals surface area contributed by atoms with E-state index in [9.17, 15) is 32.9 Å². The number of ether oxygens (including phenoxy) is 1. The van der Waals surface area contributed by atoms with Crippen molar-refractivity contribution in [3.63, 3.8) is 0 Å². The predicted molar refractivity (Wildman–Crippen MR) is 91.4 cm³/mol. The van der Waals surface area contributed by atoms with E-state index in [1.54, 1.807) is 10.9 Å². The van der Waals surface area contributed by atoms with Crippen molar-refractivity contribution in [2.24, 2.45) is 5.92 Å². The number of nitrogens with zero attached hydrogens (tertiary/aromatic N) is 3. The van der Waals surface area contributed by atoms with Crippen molar-refractivity contribution in [3.05, 3.63) is 34.0 Å². The van der Waals surface area contributed by atoms with Crippen LogP contribution in [0.2, 0.25) is 0 Å². The standard InChI is InChI=1S/C17H16F3N3O6/c18-17(19,20)16(26)29-8-9-1-3-11(4-2-9)22-7-10-5-14(23(27)28)12(15(24)25)6-13(10)21-22/h5-7,9,11H,1-4,8H2,(H,24,25)/t9-,11-. The second-order valence-electron chi connectivity index (χ2n) is 6.87. The number of esters is 1. The molecule has 1 N–H and O–H groups in total. The third-order valence-corrected chi connectivity index (χ3v) is 4.94. The van der Waals surface area contributed by atoms with Gasteiger partial charge in [-0.1, -0.05) is 0 Å². The summed E-state index contributed by atoms with van der Waals surface area (Å²) in [6.45, 7) is -0.305. The van der Waals surface area contributed by atoms with Crippen LogP contribution in [0.4, 0.5) is 18.9 Å². The quantitative estimate of drug-likeness (QED) is 0.450. The van der Waals surface area contributed by atoms with E-state index in [-0.39, 0.29) is 18.6 Å². The van der Waals surface area contributed by atoms with Gasteiger partial charge in [0.05, 0.1) is 23.1 Å². The van der Waals surface area contributed by atoms with Crippen LogP contribution >= 0.6 is 0 Å². The topological polar surface area (TPSA) is 125 Å². The summed E-state index contributed by atoms with van der Waals surface area (Å²) >= 11 is 0. The highest BCUT2D eigenvalue weighted by atomic mass is 19.4. The number of halogens is 3. The number of carboxylic acid groups (broad SMARTS) is 1. The first-order valence-corrected chi connectivity index (χ1v) is 8.70. The van der Waals surface area contributed by atoms with Gasteiger partial charge in [-0.15, -0.1) is 0 Å². The molecule has 1 saturated carbocycles. The zero-order chi connectivity index (χ0) is 21.3. The minimum atomic E-state index is -5.01. The van der Waals surface area contributed by atoms with Gasteiger partial charge in [0.15, 0.2) is 0 Å². The Morgan fingerprint density at radius 3 is 2.48 bits per heavy atom. The molecule has 0 spiro atoms. The molecule has 1 aliphatic rings. The van der Waals surface area contributed by atoms with Crippen molar-refractivity contribution in [3.8, 4) is 0 Å². The maximum atomic E-state index is 12.2. The van der Waals surface area contributed by atoms with Crippen molar-refractivity contribution in [2.45, 2.75) is 37.9 Å². The molecule has 0 unspecified atom stereocenters. The van der Waals surface area contributed by atoms with Crippen molar-refractivity contribution in [1.82, 2.24) is 9.78 Å². The summed E-state index contributed by atoms with van der Waals surface area (Å²) in [7, 11) is 0. The average molecular weight is 415 g/mol. The Kier molecular flexibility index (Phi) is 5.44. The Morgan fingerprint density at radius 1 is 1.28 bits per heavy atom. The highest BCUT2D eigenvalue weighted by Gasteiger charge is 2.41. The number of fused-ring (bicyclic) bond motifs is 1. The summed E-state index contributed by atoms with van der Waals surface area (Å²) in [6.07, 6.45) is -1.25. The van der Waals surface area contributed by atoms with Crippen LogP contribution in [0.3, 0.4) is 0 Å². The van der Waals surface area contributed by atoms with E-state index in [1.807, 2.05) is 0 Å². The molecule has 156 valence electrons. The van der Waals surface area contributed by atoms with Gasteiger partial charge >= 0.3 is 18.1 Å². The first-order valence-electron chi connectivity index (χ1n) is 8.70. The van der Waals surface area contributed by atoms with E-state index in [0.29, 0.717) is 36.6 Å². The number of rotatable bonds is 5. The molecule has 12 heteroatoms. The number of nitro groups is 1. The van der Waals surface area contributed by atoms with Crippen LogP contribution < -0.4 is 0 Å². The molecule has 1 aliphatic carbocycles. The minimum absolute atomic E-state index is 0.0932. The summed E-state index contributed by atoms with van der Waals surface area (Å²) in [4.78, 5) is 32.4. The normalized spacial score (nSPS) is 19.8. The second-order valence-corrected chi connectivity index (χ2v) is 6.87. The molecule has 1 fully saturated rings. The molecule has 1 heterocycles. The van der Waals surface area contributed by atoms with Crippen LogP contribution in [0.15, 0.2) is 18.3 Å². The molecule has 2 aromatic rings. The van der Waals surface area contributed by atoms with Gasteiger partial charge in [-0.05, 0) is 37.7 Å². The van der Waals surface area contributed by atoms with Crippen LogP contribution in [0.1, 0.15) is 42.1 Å².